The van der Waals surface area contributed by atoms with E-state index in [0.717, 1.165) is 22.8 Å². The van der Waals surface area contributed by atoms with E-state index in [0.29, 0.717) is 12.6 Å². The van der Waals surface area contributed by atoms with Crippen LogP contribution in [-0.2, 0) is 11.3 Å². The Morgan fingerprint density at radius 2 is 1.80 bits per heavy atom. The van der Waals surface area contributed by atoms with Crippen LogP contribution in [0.15, 0.2) is 6.33 Å². The summed E-state index contributed by atoms with van der Waals surface area (Å²) in [6.45, 7) is 3.12. The molecule has 1 aliphatic heterocycles. The maximum absolute atomic E-state index is 5.54. The van der Waals surface area contributed by atoms with Gasteiger partial charge in [-0.15, -0.1) is 0 Å². The topological polar surface area (TPSA) is 56.3 Å². The third-order valence-corrected chi connectivity index (χ3v) is 12.0. The Hall–Kier alpha value is -1.14. The molecule has 1 aromatic rings. The van der Waals surface area contributed by atoms with Crippen molar-refractivity contribution in [3.63, 3.8) is 0 Å². The molecular formula is C19H33N3O2Si. The lowest BCUT2D eigenvalue weighted by Gasteiger charge is -2.42. The van der Waals surface area contributed by atoms with E-state index in [1.165, 1.54) is 44.9 Å². The molecule has 2 heterocycles. The van der Waals surface area contributed by atoms with Gasteiger partial charge in [-0.25, -0.2) is 9.97 Å². The average molecular weight is 364 g/mol. The van der Waals surface area contributed by atoms with Crippen LogP contribution in [-0.4, -0.2) is 38.3 Å². The molecule has 0 amide bonds. The Labute approximate surface area is 152 Å². The van der Waals surface area contributed by atoms with Crippen molar-refractivity contribution in [2.24, 2.45) is 0 Å². The van der Waals surface area contributed by atoms with Gasteiger partial charge in [-0.3, -0.25) is 0 Å². The Balaban J connectivity index is 1.60. The van der Waals surface area contributed by atoms with E-state index in [4.69, 9.17) is 9.47 Å². The molecule has 0 unspecified atom stereocenters. The van der Waals surface area contributed by atoms with Gasteiger partial charge in [-0.2, -0.15) is 0 Å². The third-order valence-electron chi connectivity index (χ3n) is 6.41. The van der Waals surface area contributed by atoms with E-state index in [-0.39, 0.29) is 0 Å². The molecule has 25 heavy (non-hydrogen) atoms. The van der Waals surface area contributed by atoms with E-state index >= 15 is 0 Å². The SMILES string of the molecule is COCc1ncnc(N[C@H]2CC[C@@H]([Si]3(C)CCCCC3)CC2)c1OC. The van der Waals surface area contributed by atoms with Gasteiger partial charge in [0.25, 0.3) is 0 Å². The molecule has 1 aliphatic carbocycles. The average Bonchev–Trinajstić information content (AvgIpc) is 2.63. The smallest absolute Gasteiger partial charge is 0.185 e. The molecule has 140 valence electrons. The molecule has 0 spiro atoms. The number of rotatable bonds is 6. The minimum atomic E-state index is -0.989. The van der Waals surface area contributed by atoms with Crippen LogP contribution in [0.3, 0.4) is 0 Å². The van der Waals surface area contributed by atoms with Crippen molar-refractivity contribution in [1.82, 2.24) is 9.97 Å². The van der Waals surface area contributed by atoms with Gasteiger partial charge >= 0.3 is 0 Å². The quantitative estimate of drug-likeness (QED) is 0.747. The summed E-state index contributed by atoms with van der Waals surface area (Å²) in [5.41, 5.74) is 1.83. The minimum absolute atomic E-state index is 0.442. The predicted molar refractivity (Wildman–Crippen MR) is 104 cm³/mol. The fourth-order valence-electron chi connectivity index (χ4n) is 4.86. The van der Waals surface area contributed by atoms with Crippen LogP contribution in [0.1, 0.15) is 50.6 Å². The van der Waals surface area contributed by atoms with Gasteiger partial charge < -0.3 is 14.8 Å². The maximum atomic E-state index is 5.54. The summed E-state index contributed by atoms with van der Waals surface area (Å²) in [6, 6.07) is 3.63. The Morgan fingerprint density at radius 3 is 2.44 bits per heavy atom. The highest BCUT2D eigenvalue weighted by atomic mass is 28.3. The second kappa shape index (κ2) is 8.49. The monoisotopic (exact) mass is 363 g/mol. The maximum Gasteiger partial charge on any atom is 0.185 e. The van der Waals surface area contributed by atoms with Crippen molar-refractivity contribution in [2.45, 2.75) is 81.8 Å². The van der Waals surface area contributed by atoms with Crippen molar-refractivity contribution in [1.29, 1.82) is 0 Å². The summed E-state index contributed by atoms with van der Waals surface area (Å²) < 4.78 is 10.8. The van der Waals surface area contributed by atoms with E-state index in [1.54, 1.807) is 32.6 Å². The highest BCUT2D eigenvalue weighted by Gasteiger charge is 2.39. The van der Waals surface area contributed by atoms with Crippen LogP contribution >= 0.6 is 0 Å². The highest BCUT2D eigenvalue weighted by Crippen LogP contribution is 2.45. The zero-order chi connectivity index (χ0) is 17.7. The van der Waals surface area contributed by atoms with Gasteiger partial charge in [0.2, 0.25) is 0 Å². The zero-order valence-electron chi connectivity index (χ0n) is 16.0. The Morgan fingerprint density at radius 1 is 1.08 bits per heavy atom. The second-order valence-electron chi connectivity index (χ2n) is 8.04. The van der Waals surface area contributed by atoms with Gasteiger partial charge in [0, 0.05) is 13.2 Å². The molecule has 1 saturated heterocycles. The standard InChI is InChI=1S/C19H33N3O2Si/c1-23-13-17-18(24-2)19(21-14-20-17)22-15-7-9-16(10-8-15)25(3)11-5-4-6-12-25/h14-16H,4-13H2,1-3H3,(H,20,21,22)/t15-,16+. The molecule has 2 fully saturated rings. The van der Waals surface area contributed by atoms with Crippen LogP contribution in [0, 0.1) is 0 Å². The van der Waals surface area contributed by atoms with Crippen molar-refractivity contribution in [2.75, 3.05) is 19.5 Å². The summed E-state index contributed by atoms with van der Waals surface area (Å²) in [5.74, 6) is 1.54. The fourth-order valence-corrected chi connectivity index (χ4v) is 9.77. The molecule has 6 heteroatoms. The number of aromatic nitrogens is 2. The highest BCUT2D eigenvalue weighted by molar-refractivity contribution is 6.80. The Bertz CT molecular complexity index is 556. The number of nitrogens with one attached hydrogen (secondary N) is 1. The minimum Gasteiger partial charge on any atom is -0.491 e. The van der Waals surface area contributed by atoms with E-state index in [9.17, 15) is 0 Å². The van der Waals surface area contributed by atoms with E-state index in [2.05, 4.69) is 21.8 Å². The lowest BCUT2D eigenvalue weighted by Crippen LogP contribution is -2.41. The largest absolute Gasteiger partial charge is 0.491 e. The van der Waals surface area contributed by atoms with E-state index in [1.807, 2.05) is 0 Å². The summed E-state index contributed by atoms with van der Waals surface area (Å²) in [4.78, 5) is 8.69. The molecule has 1 saturated carbocycles. The van der Waals surface area contributed by atoms with Crippen LogP contribution in [0.2, 0.25) is 24.2 Å². The lowest BCUT2D eigenvalue weighted by atomic mass is 9.95. The molecule has 1 aromatic heterocycles. The van der Waals surface area contributed by atoms with Crippen LogP contribution < -0.4 is 10.1 Å². The van der Waals surface area contributed by atoms with Crippen molar-refractivity contribution < 1.29 is 9.47 Å². The molecule has 0 aromatic carbocycles. The van der Waals surface area contributed by atoms with Gasteiger partial charge in [0.1, 0.15) is 12.0 Å². The molecule has 0 atom stereocenters. The predicted octanol–water partition coefficient (Wildman–Crippen LogP) is 4.62. The number of methoxy groups -OCH3 is 2. The van der Waals surface area contributed by atoms with Gasteiger partial charge in [0.15, 0.2) is 11.6 Å². The van der Waals surface area contributed by atoms with Crippen molar-refractivity contribution in [3.8, 4) is 5.75 Å². The lowest BCUT2D eigenvalue weighted by molar-refractivity contribution is 0.178. The fraction of sp³-hybridized carbons (Fsp3) is 0.789. The van der Waals surface area contributed by atoms with Crippen LogP contribution in [0.4, 0.5) is 5.82 Å². The molecule has 1 N–H and O–H groups in total. The summed E-state index contributed by atoms with van der Waals surface area (Å²) >= 11 is 0. The molecule has 5 nitrogen and oxygen atoms in total. The summed E-state index contributed by atoms with van der Waals surface area (Å²) in [6.07, 6.45) is 11.3. The molecule has 2 aliphatic rings. The third kappa shape index (κ3) is 4.34. The van der Waals surface area contributed by atoms with Gasteiger partial charge in [0.05, 0.1) is 21.8 Å². The normalized spacial score (nSPS) is 26.2. The number of ether oxygens (including phenoxy) is 2. The first-order chi connectivity index (χ1) is 12.2. The number of hydrogen-bond donors (Lipinski definition) is 1. The number of anilines is 1. The van der Waals surface area contributed by atoms with Crippen LogP contribution in [0.25, 0.3) is 0 Å². The van der Waals surface area contributed by atoms with Crippen molar-refractivity contribution >= 4 is 13.9 Å². The van der Waals surface area contributed by atoms with Gasteiger partial charge in [-0.1, -0.05) is 50.7 Å². The molecule has 0 radical (unpaired) electrons. The summed E-state index contributed by atoms with van der Waals surface area (Å²) in [7, 11) is 2.36. The number of hydrogen-bond acceptors (Lipinski definition) is 5. The van der Waals surface area contributed by atoms with E-state index < -0.39 is 8.07 Å². The number of nitrogens with zero attached hydrogens (tertiary/aromatic N) is 2. The Kier molecular flexibility index (Phi) is 6.33. The zero-order valence-corrected chi connectivity index (χ0v) is 17.0. The second-order valence-corrected chi connectivity index (χ2v) is 13.2. The van der Waals surface area contributed by atoms with Crippen molar-refractivity contribution in [3.05, 3.63) is 12.0 Å². The molecule has 3 rings (SSSR count). The summed E-state index contributed by atoms with van der Waals surface area (Å²) in [5, 5.41) is 3.62. The van der Waals surface area contributed by atoms with Gasteiger partial charge in [-0.05, 0) is 18.4 Å². The first kappa shape index (κ1) is 18.6. The first-order valence-electron chi connectivity index (χ1n) is 9.79. The molecule has 0 bridgehead atoms. The van der Waals surface area contributed by atoms with Crippen LogP contribution in [0.5, 0.6) is 5.75 Å². The first-order valence-corrected chi connectivity index (χ1v) is 12.8. The molecular weight excluding hydrogens is 330 g/mol.